The third-order valence-corrected chi connectivity index (χ3v) is 4.94. The van der Waals surface area contributed by atoms with Crippen molar-refractivity contribution in [2.45, 2.75) is 18.8 Å². The number of aliphatic hydroxyl groups is 1. The first-order chi connectivity index (χ1) is 15.3. The summed E-state index contributed by atoms with van der Waals surface area (Å²) in [4.78, 5) is 16.7. The number of benzene rings is 2. The van der Waals surface area contributed by atoms with Gasteiger partial charge in [-0.25, -0.2) is 0 Å². The minimum Gasteiger partial charge on any atom is -0.508 e. The number of aromatic nitrogens is 1. The molecule has 1 aromatic heterocycles. The summed E-state index contributed by atoms with van der Waals surface area (Å²) in [5, 5.41) is 50.4. The van der Waals surface area contributed by atoms with Crippen LogP contribution in [0, 0.1) is 0 Å². The molecule has 0 amide bonds. The van der Waals surface area contributed by atoms with Gasteiger partial charge in [0.1, 0.15) is 35.2 Å². The first kappa shape index (κ1) is 21.1. The fraction of sp³-hybridized carbons (Fsp3) is 0.182. The van der Waals surface area contributed by atoms with Gasteiger partial charge in [0.2, 0.25) is 11.5 Å². The molecule has 0 radical (unpaired) electrons. The first-order valence-electron chi connectivity index (χ1n) is 9.41. The molecule has 5 N–H and O–H groups in total. The van der Waals surface area contributed by atoms with E-state index in [2.05, 4.69) is 4.98 Å². The number of hydrogen-bond donors (Lipinski definition) is 5. The molecule has 10 heteroatoms. The van der Waals surface area contributed by atoms with Crippen LogP contribution in [0.15, 0.2) is 42.6 Å². The molecule has 4 rings (SSSR count). The maximum absolute atomic E-state index is 12.6. The van der Waals surface area contributed by atoms with Crippen LogP contribution < -0.4 is 14.2 Å². The predicted octanol–water partition coefficient (Wildman–Crippen LogP) is 2.17. The van der Waals surface area contributed by atoms with Gasteiger partial charge >= 0.3 is 0 Å². The van der Waals surface area contributed by atoms with Crippen LogP contribution in [-0.4, -0.2) is 49.5 Å². The van der Waals surface area contributed by atoms with E-state index in [0.717, 1.165) is 18.2 Å². The summed E-state index contributed by atoms with van der Waals surface area (Å²) in [6.07, 6.45) is -1.53. The third kappa shape index (κ3) is 3.79. The van der Waals surface area contributed by atoms with Gasteiger partial charge in [-0.3, -0.25) is 9.78 Å². The Labute approximate surface area is 181 Å². The lowest BCUT2D eigenvalue weighted by Gasteiger charge is -2.30. The minimum atomic E-state index is -1.72. The van der Waals surface area contributed by atoms with E-state index < -0.39 is 35.2 Å². The molecule has 0 spiro atoms. The highest BCUT2D eigenvalue weighted by Gasteiger charge is 2.39. The number of aliphatic hydroxyl groups excluding tert-OH is 1. The van der Waals surface area contributed by atoms with Crippen LogP contribution in [0.2, 0.25) is 0 Å². The Balaban J connectivity index is 1.63. The van der Waals surface area contributed by atoms with E-state index in [4.69, 9.17) is 14.2 Å². The predicted molar refractivity (Wildman–Crippen MR) is 108 cm³/mol. The summed E-state index contributed by atoms with van der Waals surface area (Å²) in [7, 11) is 1.51. The van der Waals surface area contributed by atoms with Crippen molar-refractivity contribution in [3.05, 3.63) is 59.4 Å². The Morgan fingerprint density at radius 3 is 2.53 bits per heavy atom. The van der Waals surface area contributed by atoms with Crippen molar-refractivity contribution in [3.63, 3.8) is 0 Å². The van der Waals surface area contributed by atoms with Crippen LogP contribution >= 0.6 is 0 Å². The standard InChI is InChI=1S/C22H19NO9/c1-30-13-3-2-11(23-8-13)9-31-17-5-10(4-15(26)19(17)27)22-21(29)20(28)18-14(25)6-12(24)7-16(18)32-22/h2-8,21-22,24-27,29H,9H2,1H3. The molecule has 0 bridgehead atoms. The third-order valence-electron chi connectivity index (χ3n) is 4.94. The molecule has 0 saturated carbocycles. The number of ketones is 1. The number of rotatable bonds is 5. The van der Waals surface area contributed by atoms with E-state index >= 15 is 0 Å². The van der Waals surface area contributed by atoms with Gasteiger partial charge < -0.3 is 39.7 Å². The minimum absolute atomic E-state index is 0.0575. The average Bonchev–Trinajstić information content (AvgIpc) is 2.77. The largest absolute Gasteiger partial charge is 0.508 e. The zero-order valence-electron chi connectivity index (χ0n) is 16.7. The second-order valence-corrected chi connectivity index (χ2v) is 7.05. The lowest BCUT2D eigenvalue weighted by Crippen LogP contribution is -2.36. The number of carbonyl (C=O) groups excluding carboxylic acids is 1. The lowest BCUT2D eigenvalue weighted by molar-refractivity contribution is 0.0209. The van der Waals surface area contributed by atoms with Crippen LogP contribution in [0.1, 0.15) is 27.7 Å². The quantitative estimate of drug-likeness (QED) is 0.371. The van der Waals surface area contributed by atoms with E-state index in [1.54, 1.807) is 12.1 Å². The maximum atomic E-state index is 12.6. The number of hydrogen-bond acceptors (Lipinski definition) is 10. The van der Waals surface area contributed by atoms with Crippen LogP contribution in [0.3, 0.4) is 0 Å². The van der Waals surface area contributed by atoms with Crippen molar-refractivity contribution in [1.29, 1.82) is 0 Å². The Bertz CT molecular complexity index is 1180. The zero-order valence-corrected chi connectivity index (χ0v) is 16.7. The number of aromatic hydroxyl groups is 4. The van der Waals surface area contributed by atoms with E-state index in [1.165, 1.54) is 19.4 Å². The Hall–Kier alpha value is -4.18. The Kier molecular flexibility index (Phi) is 5.37. The highest BCUT2D eigenvalue weighted by molar-refractivity contribution is 6.05. The summed E-state index contributed by atoms with van der Waals surface area (Å²) in [5.74, 6) is -2.53. The van der Waals surface area contributed by atoms with Crippen LogP contribution in [-0.2, 0) is 6.61 Å². The highest BCUT2D eigenvalue weighted by Crippen LogP contribution is 2.45. The molecule has 32 heavy (non-hydrogen) atoms. The zero-order chi connectivity index (χ0) is 23.0. The van der Waals surface area contributed by atoms with Crippen molar-refractivity contribution >= 4 is 5.78 Å². The molecule has 3 aromatic rings. The number of methoxy groups -OCH3 is 1. The van der Waals surface area contributed by atoms with Crippen LogP contribution in [0.25, 0.3) is 0 Å². The summed E-state index contributed by atoms with van der Waals surface area (Å²) in [6.45, 7) is -0.0575. The van der Waals surface area contributed by atoms with E-state index in [-0.39, 0.29) is 35.0 Å². The summed E-state index contributed by atoms with van der Waals surface area (Å²) in [6, 6.07) is 7.83. The number of pyridine rings is 1. The molecule has 0 saturated heterocycles. The Morgan fingerprint density at radius 1 is 1.06 bits per heavy atom. The van der Waals surface area contributed by atoms with E-state index in [1.807, 2.05) is 0 Å². The summed E-state index contributed by atoms with van der Waals surface area (Å²) < 4.78 is 16.2. The lowest BCUT2D eigenvalue weighted by atomic mass is 9.92. The number of Topliss-reactive ketones (excluding diaryl/α,β-unsaturated/α-hetero) is 1. The molecule has 0 aliphatic carbocycles. The molecular weight excluding hydrogens is 422 g/mol. The summed E-state index contributed by atoms with van der Waals surface area (Å²) in [5.41, 5.74) is 0.364. The molecular formula is C22H19NO9. The van der Waals surface area contributed by atoms with Gasteiger partial charge in [-0.15, -0.1) is 0 Å². The second-order valence-electron chi connectivity index (χ2n) is 7.05. The number of phenolic OH excluding ortho intramolecular Hbond substituents is 4. The van der Waals surface area contributed by atoms with Crippen molar-refractivity contribution in [3.8, 4) is 40.2 Å². The van der Waals surface area contributed by atoms with Crippen LogP contribution in [0.5, 0.6) is 40.2 Å². The number of nitrogens with zero attached hydrogens (tertiary/aromatic N) is 1. The number of phenols is 4. The monoisotopic (exact) mass is 441 g/mol. The average molecular weight is 441 g/mol. The normalized spacial score (nSPS) is 17.4. The molecule has 1 aliphatic heterocycles. The second kappa shape index (κ2) is 8.16. The molecule has 1 aliphatic rings. The fourth-order valence-corrected chi connectivity index (χ4v) is 3.32. The number of ether oxygens (including phenoxy) is 3. The molecule has 2 heterocycles. The molecule has 2 atom stereocenters. The Morgan fingerprint density at radius 2 is 1.84 bits per heavy atom. The van der Waals surface area contributed by atoms with Crippen LogP contribution in [0.4, 0.5) is 0 Å². The van der Waals surface area contributed by atoms with E-state index in [0.29, 0.717) is 11.4 Å². The van der Waals surface area contributed by atoms with E-state index in [9.17, 15) is 30.3 Å². The van der Waals surface area contributed by atoms with Gasteiger partial charge in [0.25, 0.3) is 0 Å². The van der Waals surface area contributed by atoms with Crippen molar-refractivity contribution in [2.75, 3.05) is 7.11 Å². The van der Waals surface area contributed by atoms with Gasteiger partial charge in [-0.05, 0) is 24.3 Å². The van der Waals surface area contributed by atoms with Crippen molar-refractivity contribution in [2.24, 2.45) is 0 Å². The summed E-state index contributed by atoms with van der Waals surface area (Å²) >= 11 is 0. The molecule has 166 valence electrons. The van der Waals surface area contributed by atoms with Gasteiger partial charge in [-0.1, -0.05) is 0 Å². The molecule has 10 nitrogen and oxygen atoms in total. The van der Waals surface area contributed by atoms with Crippen molar-refractivity contribution in [1.82, 2.24) is 4.98 Å². The molecule has 2 unspecified atom stereocenters. The topological polar surface area (TPSA) is 159 Å². The molecule has 0 fully saturated rings. The van der Waals surface area contributed by atoms with Gasteiger partial charge in [0, 0.05) is 17.7 Å². The van der Waals surface area contributed by atoms with Gasteiger partial charge in [-0.2, -0.15) is 0 Å². The molecule has 2 aromatic carbocycles. The van der Waals surface area contributed by atoms with Crippen molar-refractivity contribution < 1.29 is 44.5 Å². The highest BCUT2D eigenvalue weighted by atomic mass is 16.5. The smallest absolute Gasteiger partial charge is 0.202 e. The number of carbonyl (C=O) groups is 1. The fourth-order valence-electron chi connectivity index (χ4n) is 3.32. The van der Waals surface area contributed by atoms with Gasteiger partial charge in [0.15, 0.2) is 23.7 Å². The van der Waals surface area contributed by atoms with Gasteiger partial charge in [0.05, 0.1) is 19.0 Å². The SMILES string of the molecule is COc1ccc(COc2cc(C3Oc4cc(O)cc(O)c4C(=O)C3O)cc(O)c2O)nc1. The number of fused-ring (bicyclic) bond motifs is 1. The first-order valence-corrected chi connectivity index (χ1v) is 9.41. The maximum Gasteiger partial charge on any atom is 0.202 e.